The molecule has 0 radical (unpaired) electrons. The van der Waals surface area contributed by atoms with Crippen LogP contribution in [0.25, 0.3) is 0 Å². The SMILES string of the molecule is COC1O[C@H](C=O)[C@H]2OC(C)(C)O[C@@]12C.COC1O[C@H](CO)[C@H]2OC(C)(C)O[C@@]12C.COC1O[C@H]([C@@H](C)O)[C@H]2OC(C)(C)O[C@@]12C.COC1O[C@H]([C@@H](C)OC(=O)c2ccccc2)[C@H]2OC(C)(C)O[C@@]12C.C[C@]1(O)C(O)O[C@H](CO)[C@H]1O.Cc1ccc(C(=O)OC[C@H]2OC(O)[C@](C)(O)[C@@H]2OC(=O)c2ccc(C)cc2)cc1. The molecular formula is C77H114O33. The van der Waals surface area contributed by atoms with E-state index in [0.717, 1.165) is 17.4 Å². The van der Waals surface area contributed by atoms with Crippen LogP contribution in [0.3, 0.4) is 0 Å². The summed E-state index contributed by atoms with van der Waals surface area (Å²) in [5.41, 5.74) is -3.20. The summed E-state index contributed by atoms with van der Waals surface area (Å²) in [6, 6.07) is 22.4. The summed E-state index contributed by atoms with van der Waals surface area (Å²) in [5.74, 6) is -4.45. The zero-order valence-corrected chi connectivity index (χ0v) is 66.5. The van der Waals surface area contributed by atoms with Crippen molar-refractivity contribution in [3.8, 4) is 0 Å². The fourth-order valence-electron chi connectivity index (χ4n) is 15.0. The van der Waals surface area contributed by atoms with Gasteiger partial charge in [-0.2, -0.15) is 0 Å². The number of aldehydes is 1. The van der Waals surface area contributed by atoms with Crippen molar-refractivity contribution in [1.29, 1.82) is 0 Å². The number of esters is 3. The molecule has 10 fully saturated rings. The number of hydrogen-bond donors (Lipinski definition) is 8. The van der Waals surface area contributed by atoms with Crippen LogP contribution in [0.15, 0.2) is 78.9 Å². The minimum absolute atomic E-state index is 0.0977. The Morgan fingerprint density at radius 3 is 1.27 bits per heavy atom. The summed E-state index contributed by atoms with van der Waals surface area (Å²) >= 11 is 0. The van der Waals surface area contributed by atoms with E-state index < -0.39 is 186 Å². The quantitative estimate of drug-likeness (QED) is 0.0573. The van der Waals surface area contributed by atoms with E-state index in [1.807, 2.05) is 103 Å². The van der Waals surface area contributed by atoms with Crippen molar-refractivity contribution < 1.29 is 160 Å². The van der Waals surface area contributed by atoms with E-state index in [1.165, 1.54) is 21.0 Å². The van der Waals surface area contributed by atoms with Crippen LogP contribution >= 0.6 is 0 Å². The number of aliphatic hydroxyl groups is 8. The van der Waals surface area contributed by atoms with E-state index >= 15 is 0 Å². The third kappa shape index (κ3) is 19.4. The Hall–Kier alpha value is -5.30. The first-order valence-electron chi connectivity index (χ1n) is 36.3. The van der Waals surface area contributed by atoms with Crippen LogP contribution in [0.5, 0.6) is 0 Å². The van der Waals surface area contributed by atoms with E-state index in [2.05, 4.69) is 4.74 Å². The van der Waals surface area contributed by atoms with Gasteiger partial charge in [-0.15, -0.1) is 0 Å². The molecule has 10 saturated heterocycles. The van der Waals surface area contributed by atoms with Gasteiger partial charge in [-0.25, -0.2) is 14.4 Å². The summed E-state index contributed by atoms with van der Waals surface area (Å²) in [5, 5.41) is 75.5. The minimum atomic E-state index is -1.86. The Morgan fingerprint density at radius 2 is 0.845 bits per heavy atom. The van der Waals surface area contributed by atoms with Crippen molar-refractivity contribution in [2.24, 2.45) is 0 Å². The predicted molar refractivity (Wildman–Crippen MR) is 381 cm³/mol. The van der Waals surface area contributed by atoms with Gasteiger partial charge in [-0.05, 0) is 161 Å². The molecule has 10 heterocycles. The number of benzene rings is 3. The molecule has 0 aromatic heterocycles. The van der Waals surface area contributed by atoms with Crippen molar-refractivity contribution in [3.05, 3.63) is 107 Å². The van der Waals surface area contributed by atoms with Crippen molar-refractivity contribution in [2.45, 2.75) is 305 Å². The van der Waals surface area contributed by atoms with Gasteiger partial charge in [0.1, 0.15) is 108 Å². The van der Waals surface area contributed by atoms with Gasteiger partial charge in [0.25, 0.3) is 0 Å². The summed E-state index contributed by atoms with van der Waals surface area (Å²) < 4.78 is 116. The van der Waals surface area contributed by atoms with Gasteiger partial charge >= 0.3 is 17.9 Å². The lowest BCUT2D eigenvalue weighted by Crippen LogP contribution is -2.48. The highest BCUT2D eigenvalue weighted by Crippen LogP contribution is 2.51. The Labute approximate surface area is 640 Å². The zero-order chi connectivity index (χ0) is 82.0. The number of carbonyl (C=O) groups excluding carboxylic acids is 4. The molecule has 0 spiro atoms. The fraction of sp³-hybridized carbons (Fsp3) is 0.714. The summed E-state index contributed by atoms with van der Waals surface area (Å²) in [6.07, 6.45) is -13.3. The molecular weight excluding hydrogens is 1450 g/mol. The van der Waals surface area contributed by atoms with Gasteiger partial charge < -0.3 is 145 Å². The molecule has 26 atom stereocenters. The van der Waals surface area contributed by atoms with E-state index in [9.17, 15) is 49.8 Å². The molecule has 3 aromatic carbocycles. The number of aryl methyl sites for hydroxylation is 2. The third-order valence-electron chi connectivity index (χ3n) is 20.3. The fourth-order valence-corrected chi connectivity index (χ4v) is 15.0. The first-order valence-corrected chi connectivity index (χ1v) is 36.3. The first kappa shape index (κ1) is 90.2. The summed E-state index contributed by atoms with van der Waals surface area (Å²) in [7, 11) is 6.20. The number of hydrogen-bond acceptors (Lipinski definition) is 33. The number of ether oxygens (including phenoxy) is 21. The lowest BCUT2D eigenvalue weighted by atomic mass is 9.95. The normalized spacial score (nSPS) is 39.9. The van der Waals surface area contributed by atoms with Crippen LogP contribution in [0.4, 0.5) is 0 Å². The second-order valence-corrected chi connectivity index (χ2v) is 31.5. The Balaban J connectivity index is 0.000000171. The Kier molecular flexibility index (Phi) is 28.7. The molecule has 3 aromatic rings. The maximum Gasteiger partial charge on any atom is 0.338 e. The van der Waals surface area contributed by atoms with Crippen molar-refractivity contribution in [1.82, 2.24) is 0 Å². The van der Waals surface area contributed by atoms with Crippen molar-refractivity contribution >= 4 is 24.2 Å². The first-order chi connectivity index (χ1) is 51.1. The Morgan fingerprint density at radius 1 is 0.464 bits per heavy atom. The number of aliphatic hydroxyl groups excluding tert-OH is 6. The predicted octanol–water partition coefficient (Wildman–Crippen LogP) is 3.85. The third-order valence-corrected chi connectivity index (χ3v) is 20.3. The van der Waals surface area contributed by atoms with Crippen LogP contribution < -0.4 is 0 Å². The molecule has 0 saturated carbocycles. The largest absolute Gasteiger partial charge is 0.459 e. The highest BCUT2D eigenvalue weighted by atomic mass is 16.8. The standard InChI is InChI=1S/C22H24O7.C18H24O6.C11H20O5.C10H18O5.C10H16O5.C6H12O5/c1-13-4-8-15(9-5-13)19(23)27-12-17-18(22(3,26)21(25)28-17)29-20(24)16-10-6-14(2)7-11-16;1-11(21-15(19)12-9-7-6-8-10-12)13-14-18(4,16(20-5)22-13)24-17(2,3)23-14;1-6(12)7-8-11(4,9(13-5)14-7)16-10(2,3)15-8;2*1-9(2)14-7-6(5-11)13-8(12-4)10(7,3)15-9;1-6(10)4(8)3(2-7)11-5(6)9/h4-11,17-18,21,25-26H,12H2,1-3H3;6-11,13-14,16H,1-5H3;6-9,12H,1-5H3;6-8,11H,5H2,1-4H3;5-8H,1-4H3;3-5,7-10H,2H2,1H3/t17-,18-,21?,22-;11-,13-,14-,16?,18-;6-,7-,8-,9?,11-;2*6-,7-,8?,10-;3-,4-,5?,6-/m111111/s1. The van der Waals surface area contributed by atoms with Crippen molar-refractivity contribution in [3.63, 3.8) is 0 Å². The number of rotatable bonds is 16. The highest BCUT2D eigenvalue weighted by Gasteiger charge is 2.69. The minimum Gasteiger partial charge on any atom is -0.459 e. The lowest BCUT2D eigenvalue weighted by molar-refractivity contribution is -0.255. The molecule has 0 aliphatic carbocycles. The van der Waals surface area contributed by atoms with Gasteiger partial charge in [0.05, 0.1) is 36.0 Å². The van der Waals surface area contributed by atoms with Crippen LogP contribution in [-0.2, 0) is 104 Å². The Bertz CT molecular complexity index is 3520. The van der Waals surface area contributed by atoms with Gasteiger partial charge in [0.15, 0.2) is 78.9 Å². The van der Waals surface area contributed by atoms with Gasteiger partial charge in [0.2, 0.25) is 0 Å². The van der Waals surface area contributed by atoms with Gasteiger partial charge in [-0.3, -0.25) is 0 Å². The van der Waals surface area contributed by atoms with Crippen LogP contribution in [0.2, 0.25) is 0 Å². The van der Waals surface area contributed by atoms with E-state index in [1.54, 1.807) is 108 Å². The van der Waals surface area contributed by atoms with Crippen LogP contribution in [0.1, 0.15) is 153 Å². The van der Waals surface area contributed by atoms with E-state index in [-0.39, 0.29) is 31.5 Å². The summed E-state index contributed by atoms with van der Waals surface area (Å²) in [4.78, 5) is 47.8. The maximum absolute atomic E-state index is 12.5. The molecule has 110 heavy (non-hydrogen) atoms. The van der Waals surface area contributed by atoms with Crippen LogP contribution in [-0.4, -0.2) is 293 Å². The summed E-state index contributed by atoms with van der Waals surface area (Å²) in [6.45, 7) is 31.2. The average Bonchev–Trinajstić information content (AvgIpc) is 1.57. The molecule has 10 aliphatic heterocycles. The molecule has 10 aliphatic rings. The van der Waals surface area contributed by atoms with Crippen LogP contribution in [0, 0.1) is 13.8 Å². The smallest absolute Gasteiger partial charge is 0.338 e. The monoisotopic (exact) mass is 1570 g/mol. The molecule has 8 N–H and O–H groups in total. The molecule has 6 unspecified atom stereocenters. The molecule has 13 rings (SSSR count). The number of fused-ring (bicyclic) bond motifs is 4. The van der Waals surface area contributed by atoms with Gasteiger partial charge in [0, 0.05) is 28.4 Å². The molecule has 0 amide bonds. The average molecular weight is 1570 g/mol. The second-order valence-electron chi connectivity index (χ2n) is 31.5. The van der Waals surface area contributed by atoms with E-state index in [0.29, 0.717) is 16.7 Å². The number of methoxy groups -OCH3 is 4. The highest BCUT2D eigenvalue weighted by molar-refractivity contribution is 5.90. The van der Waals surface area contributed by atoms with E-state index in [4.69, 9.17) is 105 Å². The molecule has 620 valence electrons. The molecule has 33 heteroatoms. The number of carbonyl (C=O) groups is 4. The molecule has 33 nitrogen and oxygen atoms in total. The second kappa shape index (κ2) is 35.0. The zero-order valence-electron chi connectivity index (χ0n) is 66.5. The lowest BCUT2D eigenvalue weighted by Gasteiger charge is -2.28. The molecule has 0 bridgehead atoms. The van der Waals surface area contributed by atoms with Crippen molar-refractivity contribution in [2.75, 3.05) is 48.3 Å². The topological polar surface area (TPSA) is 424 Å². The van der Waals surface area contributed by atoms with Gasteiger partial charge in [-0.1, -0.05) is 53.6 Å². The maximum atomic E-state index is 12.5.